The minimum atomic E-state index is -0.705. The van der Waals surface area contributed by atoms with Crippen LogP contribution in [0.1, 0.15) is 5.56 Å². The third kappa shape index (κ3) is 5.18. The molecule has 26 heavy (non-hydrogen) atoms. The summed E-state index contributed by atoms with van der Waals surface area (Å²) in [5.41, 5.74) is 0.227. The van der Waals surface area contributed by atoms with Crippen molar-refractivity contribution in [1.82, 2.24) is 0 Å². The molecular formula is C17H15ClN2O6. The second-order valence-electron chi connectivity index (χ2n) is 5.12. The summed E-state index contributed by atoms with van der Waals surface area (Å²) in [6, 6.07) is 10.7. The first-order valence-electron chi connectivity index (χ1n) is 7.42. The number of ether oxygens (including phenoxy) is 2. The maximum Gasteiger partial charge on any atom is 0.310 e. The summed E-state index contributed by atoms with van der Waals surface area (Å²) in [7, 11) is 1.48. The number of carbonyl (C=O) groups excluding carboxylic acids is 2. The van der Waals surface area contributed by atoms with Gasteiger partial charge in [-0.25, -0.2) is 0 Å². The molecule has 0 heterocycles. The highest BCUT2D eigenvalue weighted by Crippen LogP contribution is 2.27. The molecule has 0 atom stereocenters. The van der Waals surface area contributed by atoms with Crippen LogP contribution in [0.4, 0.5) is 11.4 Å². The number of nitro groups is 1. The second-order valence-corrected chi connectivity index (χ2v) is 5.55. The highest BCUT2D eigenvalue weighted by molar-refractivity contribution is 6.31. The minimum Gasteiger partial charge on any atom is -0.496 e. The molecule has 1 amide bonds. The van der Waals surface area contributed by atoms with Crippen molar-refractivity contribution in [2.75, 3.05) is 19.0 Å². The number of carbonyl (C=O) groups is 2. The molecule has 0 radical (unpaired) electrons. The third-order valence-corrected chi connectivity index (χ3v) is 3.56. The van der Waals surface area contributed by atoms with Gasteiger partial charge in [-0.1, -0.05) is 29.8 Å². The van der Waals surface area contributed by atoms with Gasteiger partial charge in [0, 0.05) is 16.7 Å². The lowest BCUT2D eigenvalue weighted by Gasteiger charge is -2.09. The van der Waals surface area contributed by atoms with Crippen molar-refractivity contribution in [2.24, 2.45) is 0 Å². The van der Waals surface area contributed by atoms with Crippen molar-refractivity contribution in [2.45, 2.75) is 6.42 Å². The van der Waals surface area contributed by atoms with Crippen LogP contribution in [0.3, 0.4) is 0 Å². The summed E-state index contributed by atoms with van der Waals surface area (Å²) in [6.45, 7) is -0.576. The quantitative estimate of drug-likeness (QED) is 0.451. The Kier molecular flexibility index (Phi) is 6.51. The van der Waals surface area contributed by atoms with E-state index in [9.17, 15) is 19.7 Å². The lowest BCUT2D eigenvalue weighted by atomic mass is 10.1. The fourth-order valence-corrected chi connectivity index (χ4v) is 2.32. The van der Waals surface area contributed by atoms with E-state index in [2.05, 4.69) is 5.32 Å². The Labute approximate surface area is 153 Å². The average molecular weight is 379 g/mol. The molecule has 2 aromatic rings. The van der Waals surface area contributed by atoms with Crippen LogP contribution < -0.4 is 10.1 Å². The molecule has 0 aliphatic heterocycles. The van der Waals surface area contributed by atoms with Crippen LogP contribution in [0.2, 0.25) is 5.02 Å². The molecule has 0 bridgehead atoms. The maximum absolute atomic E-state index is 11.9. The Hall–Kier alpha value is -3.13. The van der Waals surface area contributed by atoms with E-state index in [1.54, 1.807) is 24.3 Å². The summed E-state index contributed by atoms with van der Waals surface area (Å²) >= 11 is 5.71. The number of rotatable bonds is 7. The first-order chi connectivity index (χ1) is 12.4. The van der Waals surface area contributed by atoms with Crippen molar-refractivity contribution in [3.63, 3.8) is 0 Å². The predicted octanol–water partition coefficient (Wildman–Crippen LogP) is 2.98. The number of anilines is 1. The predicted molar refractivity (Wildman–Crippen MR) is 94.4 cm³/mol. The van der Waals surface area contributed by atoms with Gasteiger partial charge >= 0.3 is 5.97 Å². The molecule has 136 valence electrons. The Morgan fingerprint density at radius 2 is 1.96 bits per heavy atom. The van der Waals surface area contributed by atoms with Gasteiger partial charge in [0.15, 0.2) is 6.61 Å². The highest BCUT2D eigenvalue weighted by atomic mass is 35.5. The van der Waals surface area contributed by atoms with E-state index in [4.69, 9.17) is 21.1 Å². The van der Waals surface area contributed by atoms with E-state index in [-0.39, 0.29) is 22.8 Å². The standard InChI is InChI=1S/C17H15ClN2O6/c1-25-15-5-3-2-4-11(15)8-17(22)26-10-16(21)19-13-7-6-12(18)9-14(13)20(23)24/h2-7,9H,8,10H2,1H3,(H,19,21). The van der Waals surface area contributed by atoms with E-state index in [0.717, 1.165) is 6.07 Å². The third-order valence-electron chi connectivity index (χ3n) is 3.32. The van der Waals surface area contributed by atoms with E-state index >= 15 is 0 Å². The summed E-state index contributed by atoms with van der Waals surface area (Å²) in [4.78, 5) is 34.1. The van der Waals surface area contributed by atoms with Crippen LogP contribution in [-0.4, -0.2) is 30.5 Å². The van der Waals surface area contributed by atoms with Crippen LogP contribution in [0.25, 0.3) is 0 Å². The summed E-state index contributed by atoms with van der Waals surface area (Å²) in [6.07, 6.45) is -0.0710. The fraction of sp³-hybridized carbons (Fsp3) is 0.176. The van der Waals surface area contributed by atoms with Crippen molar-refractivity contribution >= 4 is 34.9 Å². The number of nitrogens with zero attached hydrogens (tertiary/aromatic N) is 1. The molecule has 2 aromatic carbocycles. The molecule has 0 aliphatic rings. The van der Waals surface area contributed by atoms with Gasteiger partial charge in [0.2, 0.25) is 0 Å². The number of nitrogens with one attached hydrogen (secondary N) is 1. The highest BCUT2D eigenvalue weighted by Gasteiger charge is 2.17. The Balaban J connectivity index is 1.93. The van der Waals surface area contributed by atoms with Gasteiger partial charge in [0.05, 0.1) is 18.5 Å². The number of esters is 1. The Bertz CT molecular complexity index is 840. The molecule has 1 N–H and O–H groups in total. The molecule has 8 nitrogen and oxygen atoms in total. The largest absolute Gasteiger partial charge is 0.496 e. The monoisotopic (exact) mass is 378 g/mol. The van der Waals surface area contributed by atoms with E-state index in [1.807, 2.05) is 0 Å². The maximum atomic E-state index is 11.9. The molecule has 0 aromatic heterocycles. The number of amides is 1. The van der Waals surface area contributed by atoms with Crippen molar-refractivity contribution in [3.8, 4) is 5.75 Å². The molecule has 9 heteroatoms. The molecule has 0 unspecified atom stereocenters. The average Bonchev–Trinajstić information content (AvgIpc) is 2.62. The molecule has 0 spiro atoms. The van der Waals surface area contributed by atoms with Crippen molar-refractivity contribution < 1.29 is 24.0 Å². The summed E-state index contributed by atoms with van der Waals surface area (Å²) < 4.78 is 10.0. The fourth-order valence-electron chi connectivity index (χ4n) is 2.15. The zero-order valence-corrected chi connectivity index (χ0v) is 14.5. The molecule has 0 saturated heterocycles. The van der Waals surface area contributed by atoms with Crippen LogP contribution in [0, 0.1) is 10.1 Å². The van der Waals surface area contributed by atoms with E-state index in [0.29, 0.717) is 11.3 Å². The van der Waals surface area contributed by atoms with Crippen LogP contribution in [0.5, 0.6) is 5.75 Å². The van der Waals surface area contributed by atoms with Crippen LogP contribution in [0.15, 0.2) is 42.5 Å². The van der Waals surface area contributed by atoms with Gasteiger partial charge in [0.1, 0.15) is 11.4 Å². The minimum absolute atomic E-state index is 0.0369. The topological polar surface area (TPSA) is 108 Å². The number of halogens is 1. The van der Waals surface area contributed by atoms with Crippen molar-refractivity contribution in [3.05, 3.63) is 63.2 Å². The normalized spacial score (nSPS) is 10.1. The number of hydrogen-bond donors (Lipinski definition) is 1. The van der Waals surface area contributed by atoms with Gasteiger partial charge in [0.25, 0.3) is 11.6 Å². The molecular weight excluding hydrogens is 364 g/mol. The smallest absolute Gasteiger partial charge is 0.310 e. The summed E-state index contributed by atoms with van der Waals surface area (Å²) in [5, 5.41) is 13.5. The van der Waals surface area contributed by atoms with Gasteiger partial charge in [-0.05, 0) is 18.2 Å². The molecule has 2 rings (SSSR count). The lowest BCUT2D eigenvalue weighted by molar-refractivity contribution is -0.383. The van der Waals surface area contributed by atoms with Crippen molar-refractivity contribution in [1.29, 1.82) is 0 Å². The first kappa shape index (κ1) is 19.2. The van der Waals surface area contributed by atoms with Gasteiger partial charge in [-0.15, -0.1) is 0 Å². The number of hydrogen-bond acceptors (Lipinski definition) is 6. The van der Waals surface area contributed by atoms with Crippen LogP contribution >= 0.6 is 11.6 Å². The summed E-state index contributed by atoms with van der Waals surface area (Å²) in [5.74, 6) is -0.801. The number of para-hydroxylation sites is 1. The molecule has 0 aliphatic carbocycles. The van der Waals surface area contributed by atoms with Gasteiger partial charge in [-0.2, -0.15) is 0 Å². The number of methoxy groups -OCH3 is 1. The lowest BCUT2D eigenvalue weighted by Crippen LogP contribution is -2.22. The molecule has 0 saturated carbocycles. The Morgan fingerprint density at radius 1 is 1.23 bits per heavy atom. The molecule has 0 fully saturated rings. The van der Waals surface area contributed by atoms with Gasteiger partial charge < -0.3 is 14.8 Å². The zero-order valence-electron chi connectivity index (χ0n) is 13.7. The number of nitro benzene ring substituents is 1. The first-order valence-corrected chi connectivity index (χ1v) is 7.80. The van der Waals surface area contributed by atoms with E-state index in [1.165, 1.54) is 19.2 Å². The van der Waals surface area contributed by atoms with E-state index < -0.39 is 23.4 Å². The van der Waals surface area contributed by atoms with Gasteiger partial charge in [-0.3, -0.25) is 19.7 Å². The SMILES string of the molecule is COc1ccccc1CC(=O)OCC(=O)Nc1ccc(Cl)cc1[N+](=O)[O-]. The Morgan fingerprint density at radius 3 is 2.65 bits per heavy atom. The van der Waals surface area contributed by atoms with Crippen LogP contribution in [-0.2, 0) is 20.7 Å². The second kappa shape index (κ2) is 8.82. The zero-order chi connectivity index (χ0) is 19.1. The number of benzene rings is 2.